The minimum Gasteiger partial charge on any atom is -0.362 e. The molecule has 1 amide bonds. The maximum absolute atomic E-state index is 13.0. The van der Waals surface area contributed by atoms with Crippen molar-refractivity contribution >= 4 is 43.4 Å². The molecule has 1 heterocycles. The van der Waals surface area contributed by atoms with Gasteiger partial charge in [-0.2, -0.15) is 8.42 Å². The Hall–Kier alpha value is -2.19. The van der Waals surface area contributed by atoms with Gasteiger partial charge < -0.3 is 10.2 Å². The number of nitrogens with zero attached hydrogens (tertiary/aromatic N) is 2. The summed E-state index contributed by atoms with van der Waals surface area (Å²) in [7, 11) is -1.98. The van der Waals surface area contributed by atoms with E-state index in [1.165, 1.54) is 12.1 Å². The summed E-state index contributed by atoms with van der Waals surface area (Å²) < 4.78 is 30.3. The van der Waals surface area contributed by atoms with Crippen LogP contribution in [0.5, 0.6) is 0 Å². The number of amides is 1. The Morgan fingerprint density at radius 3 is 2.59 bits per heavy atom. The number of rotatable bonds is 5. The molecule has 0 radical (unpaired) electrons. The van der Waals surface area contributed by atoms with Gasteiger partial charge in [-0.3, -0.25) is 4.79 Å². The summed E-state index contributed by atoms with van der Waals surface area (Å²) >= 11 is 3.46. The molecule has 0 bridgehead atoms. The number of amidine groups is 1. The Morgan fingerprint density at radius 2 is 1.93 bits per heavy atom. The first-order valence-corrected chi connectivity index (χ1v) is 11.8. The van der Waals surface area contributed by atoms with E-state index in [1.54, 1.807) is 12.1 Å². The van der Waals surface area contributed by atoms with E-state index in [4.69, 9.17) is 0 Å². The van der Waals surface area contributed by atoms with Crippen molar-refractivity contribution in [2.24, 2.45) is 4.40 Å². The third-order valence-electron chi connectivity index (χ3n) is 5.51. The van der Waals surface area contributed by atoms with Gasteiger partial charge in [0, 0.05) is 30.2 Å². The van der Waals surface area contributed by atoms with E-state index in [9.17, 15) is 13.2 Å². The molecule has 2 aromatic rings. The molecule has 2 aliphatic rings. The third kappa shape index (κ3) is 4.09. The van der Waals surface area contributed by atoms with Crippen molar-refractivity contribution in [3.05, 3.63) is 58.6 Å². The van der Waals surface area contributed by atoms with E-state index < -0.39 is 15.4 Å². The quantitative estimate of drug-likeness (QED) is 0.710. The Labute approximate surface area is 179 Å². The number of hydrogen-bond acceptors (Lipinski definition) is 3. The smallest absolute Gasteiger partial charge is 0.284 e. The highest BCUT2D eigenvalue weighted by Gasteiger charge is 2.51. The lowest BCUT2D eigenvalue weighted by molar-refractivity contribution is -0.118. The molecule has 1 N–H and O–H groups in total. The van der Waals surface area contributed by atoms with Gasteiger partial charge in [-0.25, -0.2) is 0 Å². The molecule has 0 unspecified atom stereocenters. The van der Waals surface area contributed by atoms with E-state index in [2.05, 4.69) is 25.6 Å². The van der Waals surface area contributed by atoms with Crippen LogP contribution in [0.2, 0.25) is 0 Å². The van der Waals surface area contributed by atoms with E-state index in [-0.39, 0.29) is 10.8 Å². The van der Waals surface area contributed by atoms with Gasteiger partial charge >= 0.3 is 0 Å². The van der Waals surface area contributed by atoms with Crippen LogP contribution < -0.4 is 5.32 Å². The number of benzene rings is 2. The lowest BCUT2D eigenvalue weighted by Gasteiger charge is -2.16. The first kappa shape index (κ1) is 20.1. The zero-order valence-electron chi connectivity index (χ0n) is 16.1. The number of hydrogen-bond donors (Lipinski definition) is 1. The highest BCUT2D eigenvalue weighted by molar-refractivity contribution is 9.10. The van der Waals surface area contributed by atoms with Crippen LogP contribution in [0.1, 0.15) is 31.2 Å². The molecule has 152 valence electrons. The second kappa shape index (κ2) is 7.57. The van der Waals surface area contributed by atoms with E-state index in [0.717, 1.165) is 35.8 Å². The third-order valence-corrected chi connectivity index (χ3v) is 7.31. The summed E-state index contributed by atoms with van der Waals surface area (Å²) in [5.74, 6) is 0.456. The van der Waals surface area contributed by atoms with Gasteiger partial charge in [0.2, 0.25) is 5.91 Å². The average Bonchev–Trinajstić information content (AvgIpc) is 3.41. The molecule has 6 nitrogen and oxygen atoms in total. The summed E-state index contributed by atoms with van der Waals surface area (Å²) in [5, 5.41) is 2.90. The fraction of sp³-hybridized carbons (Fsp3) is 0.333. The van der Waals surface area contributed by atoms with Crippen LogP contribution in [0.15, 0.2) is 62.3 Å². The van der Waals surface area contributed by atoms with E-state index >= 15 is 0 Å². The van der Waals surface area contributed by atoms with Crippen molar-refractivity contribution in [1.82, 2.24) is 4.90 Å². The molecule has 8 heteroatoms. The number of nitrogens with one attached hydrogen (secondary N) is 1. The molecular formula is C21H22BrN3O3S. The molecule has 1 aliphatic heterocycles. The fourth-order valence-corrected chi connectivity index (χ4v) is 5.18. The van der Waals surface area contributed by atoms with Crippen molar-refractivity contribution in [2.45, 2.75) is 36.0 Å². The number of likely N-dealkylation sites (tertiary alicyclic amines) is 1. The minimum absolute atomic E-state index is 0.0791. The van der Waals surface area contributed by atoms with Gasteiger partial charge in [0.15, 0.2) is 0 Å². The predicted octanol–water partition coefficient (Wildman–Crippen LogP) is 3.93. The second-order valence-corrected chi connectivity index (χ2v) is 10.1. The molecule has 1 aliphatic carbocycles. The standard InChI is InChI=1S/C21H22BrN3O3S/c1-25-12-4-9-19(25)24-29(27,28)18-8-3-7-17(14-18)23-20(26)21(10-11-21)15-5-2-6-16(22)13-15/h2-3,5-8,13-14H,4,9-12H2,1H3,(H,23,26). The molecule has 0 aromatic heterocycles. The Balaban J connectivity index is 1.56. The molecule has 1 saturated heterocycles. The average molecular weight is 476 g/mol. The number of anilines is 1. The molecular weight excluding hydrogens is 454 g/mol. The zero-order valence-corrected chi connectivity index (χ0v) is 18.5. The summed E-state index contributed by atoms with van der Waals surface area (Å²) in [4.78, 5) is 14.9. The SMILES string of the molecule is CN1CCCC1=NS(=O)(=O)c1cccc(NC(=O)C2(c3cccc(Br)c3)CC2)c1. The molecule has 4 rings (SSSR count). The predicted molar refractivity (Wildman–Crippen MR) is 117 cm³/mol. The molecule has 0 spiro atoms. The van der Waals surface area contributed by atoms with Gasteiger partial charge in [0.05, 0.1) is 10.3 Å². The van der Waals surface area contributed by atoms with Crippen LogP contribution in [0.25, 0.3) is 0 Å². The fourth-order valence-electron chi connectivity index (χ4n) is 3.64. The lowest BCUT2D eigenvalue weighted by atomic mass is 9.95. The van der Waals surface area contributed by atoms with Gasteiger partial charge in [0.25, 0.3) is 10.0 Å². The minimum atomic E-state index is -3.82. The monoisotopic (exact) mass is 475 g/mol. The molecule has 2 fully saturated rings. The van der Waals surface area contributed by atoms with E-state index in [0.29, 0.717) is 17.9 Å². The van der Waals surface area contributed by atoms with Crippen molar-refractivity contribution < 1.29 is 13.2 Å². The Kier molecular flexibility index (Phi) is 5.25. The maximum Gasteiger partial charge on any atom is 0.284 e. The van der Waals surface area contributed by atoms with Crippen molar-refractivity contribution in [3.8, 4) is 0 Å². The van der Waals surface area contributed by atoms with Crippen LogP contribution in [0.3, 0.4) is 0 Å². The van der Waals surface area contributed by atoms with Crippen LogP contribution in [0.4, 0.5) is 5.69 Å². The Bertz CT molecular complexity index is 1090. The summed E-state index contributed by atoms with van der Waals surface area (Å²) in [5.41, 5.74) is 0.868. The highest BCUT2D eigenvalue weighted by Crippen LogP contribution is 2.49. The summed E-state index contributed by atoms with van der Waals surface area (Å²) in [6, 6.07) is 14.1. The van der Waals surface area contributed by atoms with Crippen LogP contribution in [-0.2, 0) is 20.2 Å². The van der Waals surface area contributed by atoms with E-state index in [1.807, 2.05) is 36.2 Å². The topological polar surface area (TPSA) is 78.8 Å². The van der Waals surface area contributed by atoms with Gasteiger partial charge in [-0.15, -0.1) is 4.40 Å². The first-order valence-electron chi connectivity index (χ1n) is 9.53. The summed E-state index contributed by atoms with van der Waals surface area (Å²) in [6.07, 6.45) is 3.10. The number of halogens is 1. The Morgan fingerprint density at radius 1 is 1.17 bits per heavy atom. The van der Waals surface area contributed by atoms with Gasteiger partial charge in [-0.05, 0) is 55.2 Å². The molecule has 1 saturated carbocycles. The number of sulfonamides is 1. The van der Waals surface area contributed by atoms with Crippen LogP contribution in [0, 0.1) is 0 Å². The number of carbonyl (C=O) groups is 1. The van der Waals surface area contributed by atoms with Crippen molar-refractivity contribution in [1.29, 1.82) is 0 Å². The normalized spacial score (nSPS) is 19.4. The van der Waals surface area contributed by atoms with Gasteiger partial charge in [-0.1, -0.05) is 34.1 Å². The molecule has 29 heavy (non-hydrogen) atoms. The first-order chi connectivity index (χ1) is 13.8. The van der Waals surface area contributed by atoms with Gasteiger partial charge in [0.1, 0.15) is 5.84 Å². The maximum atomic E-state index is 13.0. The largest absolute Gasteiger partial charge is 0.362 e. The number of carbonyl (C=O) groups excluding carboxylic acids is 1. The van der Waals surface area contributed by atoms with Crippen LogP contribution in [-0.4, -0.2) is 38.7 Å². The van der Waals surface area contributed by atoms with Crippen LogP contribution >= 0.6 is 15.9 Å². The zero-order chi connectivity index (χ0) is 20.6. The summed E-state index contributed by atoms with van der Waals surface area (Å²) in [6.45, 7) is 0.808. The van der Waals surface area contributed by atoms with Crippen molar-refractivity contribution in [3.63, 3.8) is 0 Å². The highest BCUT2D eigenvalue weighted by atomic mass is 79.9. The van der Waals surface area contributed by atoms with Crippen molar-refractivity contribution in [2.75, 3.05) is 18.9 Å². The second-order valence-electron chi connectivity index (χ2n) is 7.58. The lowest BCUT2D eigenvalue weighted by Crippen LogP contribution is -2.27. The molecule has 2 aromatic carbocycles. The molecule has 0 atom stereocenters.